The van der Waals surface area contributed by atoms with E-state index in [4.69, 9.17) is 4.74 Å². The highest BCUT2D eigenvalue weighted by Crippen LogP contribution is 2.34. The van der Waals surface area contributed by atoms with E-state index in [2.05, 4.69) is 5.32 Å². The third-order valence-electron chi connectivity index (χ3n) is 3.71. The van der Waals surface area contributed by atoms with Crippen LogP contribution >= 0.6 is 12.4 Å². The van der Waals surface area contributed by atoms with Crippen molar-refractivity contribution in [2.75, 3.05) is 26.2 Å². The van der Waals surface area contributed by atoms with Crippen molar-refractivity contribution in [3.05, 3.63) is 29.8 Å². The van der Waals surface area contributed by atoms with E-state index in [0.29, 0.717) is 24.4 Å². The molecule has 138 valence electrons. The van der Waals surface area contributed by atoms with E-state index in [1.807, 2.05) is 25.7 Å². The number of benzene rings is 1. The summed E-state index contributed by atoms with van der Waals surface area (Å²) in [7, 11) is 0. The Hall–Kier alpha value is -0.980. The van der Waals surface area contributed by atoms with Gasteiger partial charge in [-0.1, -0.05) is 12.1 Å². The molecule has 1 aliphatic rings. The van der Waals surface area contributed by atoms with Crippen molar-refractivity contribution in [2.24, 2.45) is 0 Å². The van der Waals surface area contributed by atoms with Crippen LogP contribution in [0.5, 0.6) is 5.75 Å². The largest absolute Gasteiger partial charge is 0.488 e. The predicted octanol–water partition coefficient (Wildman–Crippen LogP) is 4.18. The van der Waals surface area contributed by atoms with Crippen LogP contribution in [0.1, 0.15) is 38.8 Å². The van der Waals surface area contributed by atoms with E-state index in [9.17, 15) is 13.2 Å². The molecule has 1 aliphatic heterocycles. The summed E-state index contributed by atoms with van der Waals surface area (Å²) in [6.45, 7) is 8.51. The number of hydrogen-bond donors (Lipinski definition) is 1. The number of piperazine rings is 1. The zero-order chi connectivity index (χ0) is 17.1. The Morgan fingerprint density at radius 1 is 1.08 bits per heavy atom. The second-order valence-corrected chi connectivity index (χ2v) is 6.90. The lowest BCUT2D eigenvalue weighted by atomic mass is 10.0. The minimum Gasteiger partial charge on any atom is -0.488 e. The second-order valence-electron chi connectivity index (χ2n) is 6.90. The third kappa shape index (κ3) is 6.87. The van der Waals surface area contributed by atoms with Crippen molar-refractivity contribution < 1.29 is 17.9 Å². The standard InChI is InChI=1S/C17H25F3N2O.ClH/c1-16(2,3)23-14-6-4-13(5-7-14)15(12-17(18,19)20)22-10-8-21-9-11-22;/h4-7,15,21H,8-12H2,1-3H3;1H/t15-;/m0./s1. The number of nitrogens with zero attached hydrogens (tertiary/aromatic N) is 1. The molecule has 2 rings (SSSR count). The predicted molar refractivity (Wildman–Crippen MR) is 91.9 cm³/mol. The van der Waals surface area contributed by atoms with Crippen molar-refractivity contribution in [1.82, 2.24) is 10.2 Å². The smallest absolute Gasteiger partial charge is 0.390 e. The molecule has 0 saturated carbocycles. The molecular formula is C17H26ClF3N2O. The minimum atomic E-state index is -4.18. The zero-order valence-corrected chi connectivity index (χ0v) is 15.1. The molecule has 1 fully saturated rings. The van der Waals surface area contributed by atoms with Crippen LogP contribution in [-0.2, 0) is 0 Å². The van der Waals surface area contributed by atoms with E-state index in [-0.39, 0.29) is 18.0 Å². The number of halogens is 4. The van der Waals surface area contributed by atoms with E-state index in [1.165, 1.54) is 0 Å². The van der Waals surface area contributed by atoms with Crippen molar-refractivity contribution in [1.29, 1.82) is 0 Å². The SMILES string of the molecule is CC(C)(C)Oc1ccc([C@H](CC(F)(F)F)N2CCNCC2)cc1.Cl. The summed E-state index contributed by atoms with van der Waals surface area (Å²) in [6.07, 6.45) is -5.01. The molecule has 0 bridgehead atoms. The van der Waals surface area contributed by atoms with Crippen LogP contribution in [0.25, 0.3) is 0 Å². The summed E-state index contributed by atoms with van der Waals surface area (Å²) in [5.41, 5.74) is 0.358. The summed E-state index contributed by atoms with van der Waals surface area (Å²) in [5, 5.41) is 3.18. The van der Waals surface area contributed by atoms with Gasteiger partial charge in [-0.05, 0) is 38.5 Å². The van der Waals surface area contributed by atoms with Gasteiger partial charge < -0.3 is 10.1 Å². The average molecular weight is 367 g/mol. The Morgan fingerprint density at radius 2 is 1.62 bits per heavy atom. The fourth-order valence-corrected chi connectivity index (χ4v) is 2.78. The molecule has 0 aliphatic carbocycles. The molecule has 3 nitrogen and oxygen atoms in total. The Morgan fingerprint density at radius 3 is 2.08 bits per heavy atom. The molecule has 7 heteroatoms. The lowest BCUT2D eigenvalue weighted by Crippen LogP contribution is -2.46. The first-order chi connectivity index (χ1) is 10.6. The highest BCUT2D eigenvalue weighted by Gasteiger charge is 2.35. The first kappa shape index (κ1) is 21.1. The molecular weight excluding hydrogens is 341 g/mol. The zero-order valence-electron chi connectivity index (χ0n) is 14.3. The van der Waals surface area contributed by atoms with E-state index in [1.54, 1.807) is 24.3 Å². The molecule has 1 atom stereocenters. The quantitative estimate of drug-likeness (QED) is 0.865. The van der Waals surface area contributed by atoms with Gasteiger partial charge in [0, 0.05) is 32.2 Å². The van der Waals surface area contributed by atoms with E-state index in [0.717, 1.165) is 13.1 Å². The number of ether oxygens (including phenoxy) is 1. The summed E-state index contributed by atoms with van der Waals surface area (Å²) in [5.74, 6) is 0.673. The van der Waals surface area contributed by atoms with Gasteiger partial charge in [0.2, 0.25) is 0 Å². The maximum Gasteiger partial charge on any atom is 0.390 e. The lowest BCUT2D eigenvalue weighted by Gasteiger charge is -2.35. The monoisotopic (exact) mass is 366 g/mol. The van der Waals surface area contributed by atoms with Gasteiger partial charge in [0.1, 0.15) is 11.4 Å². The second kappa shape index (κ2) is 8.41. The first-order valence-electron chi connectivity index (χ1n) is 7.94. The third-order valence-corrected chi connectivity index (χ3v) is 3.71. The molecule has 1 heterocycles. The van der Waals surface area contributed by atoms with Gasteiger partial charge in [0.05, 0.1) is 6.42 Å². The van der Waals surface area contributed by atoms with Crippen molar-refractivity contribution in [3.63, 3.8) is 0 Å². The fraction of sp³-hybridized carbons (Fsp3) is 0.647. The van der Waals surface area contributed by atoms with E-state index < -0.39 is 18.6 Å². The van der Waals surface area contributed by atoms with Gasteiger partial charge in [-0.15, -0.1) is 12.4 Å². The molecule has 0 amide bonds. The number of nitrogens with one attached hydrogen (secondary N) is 1. The summed E-state index contributed by atoms with van der Waals surface area (Å²) >= 11 is 0. The van der Waals surface area contributed by atoms with Gasteiger partial charge in [0.15, 0.2) is 0 Å². The Labute approximate surface area is 148 Å². The Kier molecular flexibility index (Phi) is 7.38. The van der Waals surface area contributed by atoms with Crippen molar-refractivity contribution in [2.45, 2.75) is 45.0 Å². The van der Waals surface area contributed by atoms with Crippen LogP contribution in [0, 0.1) is 0 Å². The van der Waals surface area contributed by atoms with Crippen LogP contribution in [0.3, 0.4) is 0 Å². The number of rotatable bonds is 4. The highest BCUT2D eigenvalue weighted by atomic mass is 35.5. The average Bonchev–Trinajstić information content (AvgIpc) is 2.44. The Bertz CT molecular complexity index is 494. The first-order valence-corrected chi connectivity index (χ1v) is 7.94. The van der Waals surface area contributed by atoms with Gasteiger partial charge in [-0.2, -0.15) is 13.2 Å². The maximum absolute atomic E-state index is 13.0. The summed E-state index contributed by atoms with van der Waals surface area (Å²) in [4.78, 5) is 1.91. The number of alkyl halides is 3. The topological polar surface area (TPSA) is 24.5 Å². The molecule has 0 aromatic heterocycles. The van der Waals surface area contributed by atoms with Crippen molar-refractivity contribution in [3.8, 4) is 5.75 Å². The van der Waals surface area contributed by atoms with Gasteiger partial charge in [0.25, 0.3) is 0 Å². The molecule has 1 aromatic rings. The van der Waals surface area contributed by atoms with Gasteiger partial charge in [-0.25, -0.2) is 0 Å². The maximum atomic E-state index is 13.0. The molecule has 24 heavy (non-hydrogen) atoms. The molecule has 1 aromatic carbocycles. The van der Waals surface area contributed by atoms with E-state index >= 15 is 0 Å². The normalized spacial score (nSPS) is 17.9. The van der Waals surface area contributed by atoms with Crippen LogP contribution in [0.2, 0.25) is 0 Å². The molecule has 0 radical (unpaired) electrons. The van der Waals surface area contributed by atoms with Crippen molar-refractivity contribution >= 4 is 12.4 Å². The summed E-state index contributed by atoms with van der Waals surface area (Å²) in [6, 6.07) is 6.37. The van der Waals surface area contributed by atoms with Gasteiger partial charge >= 0.3 is 6.18 Å². The molecule has 1 saturated heterocycles. The van der Waals surface area contributed by atoms with Crippen LogP contribution in [0.4, 0.5) is 13.2 Å². The molecule has 1 N–H and O–H groups in total. The van der Waals surface area contributed by atoms with Crippen LogP contribution < -0.4 is 10.1 Å². The van der Waals surface area contributed by atoms with Crippen LogP contribution in [-0.4, -0.2) is 42.9 Å². The lowest BCUT2D eigenvalue weighted by molar-refractivity contribution is -0.148. The number of hydrogen-bond acceptors (Lipinski definition) is 3. The minimum absolute atomic E-state index is 0. The van der Waals surface area contributed by atoms with Gasteiger partial charge in [-0.3, -0.25) is 4.90 Å². The highest BCUT2D eigenvalue weighted by molar-refractivity contribution is 5.85. The summed E-state index contributed by atoms with van der Waals surface area (Å²) < 4.78 is 44.7. The molecule has 0 spiro atoms. The Balaban J connectivity index is 0.00000288. The van der Waals surface area contributed by atoms with Crippen LogP contribution in [0.15, 0.2) is 24.3 Å². The fourth-order valence-electron chi connectivity index (χ4n) is 2.78. The molecule has 0 unspecified atom stereocenters.